The van der Waals surface area contributed by atoms with Crippen molar-refractivity contribution in [1.29, 1.82) is 0 Å². The number of aromatic amines is 1. The third-order valence-corrected chi connectivity index (χ3v) is 4.83. The Morgan fingerprint density at radius 3 is 2.54 bits per heavy atom. The van der Waals surface area contributed by atoms with Crippen LogP contribution < -0.4 is 10.9 Å². The maximum absolute atomic E-state index is 12.5. The number of benzene rings is 2. The number of hydrogen-bond acceptors (Lipinski definition) is 4. The first-order valence-corrected chi connectivity index (χ1v) is 9.11. The van der Waals surface area contributed by atoms with Crippen LogP contribution in [0.1, 0.15) is 12.5 Å². The first-order valence-electron chi connectivity index (χ1n) is 8.23. The Balaban J connectivity index is 1.76. The van der Waals surface area contributed by atoms with E-state index in [2.05, 4.69) is 15.3 Å². The van der Waals surface area contributed by atoms with E-state index in [0.717, 1.165) is 16.8 Å². The number of nitrogens with one attached hydrogen (secondary N) is 2. The molecule has 0 unspecified atom stereocenters. The van der Waals surface area contributed by atoms with Crippen molar-refractivity contribution in [2.24, 2.45) is 0 Å². The van der Waals surface area contributed by atoms with E-state index < -0.39 is 5.25 Å². The fourth-order valence-corrected chi connectivity index (χ4v) is 3.23. The number of carbonyl (C=O) groups excluding carboxylic acids is 1. The Labute approximate surface area is 155 Å². The lowest BCUT2D eigenvalue weighted by atomic mass is 10.1. The molecule has 0 spiro atoms. The predicted molar refractivity (Wildman–Crippen MR) is 105 cm³/mol. The fraction of sp³-hybridized carbons (Fsp3) is 0.150. The molecule has 0 bridgehead atoms. The summed E-state index contributed by atoms with van der Waals surface area (Å²) in [7, 11) is 0. The van der Waals surface area contributed by atoms with Gasteiger partial charge in [-0.15, -0.1) is 0 Å². The molecule has 3 aromatic rings. The van der Waals surface area contributed by atoms with E-state index in [9.17, 15) is 9.59 Å². The van der Waals surface area contributed by atoms with E-state index in [0.29, 0.717) is 10.9 Å². The first-order chi connectivity index (χ1) is 12.5. The summed E-state index contributed by atoms with van der Waals surface area (Å²) in [6.45, 7) is 3.73. The summed E-state index contributed by atoms with van der Waals surface area (Å²) in [4.78, 5) is 31.6. The minimum Gasteiger partial charge on any atom is -0.325 e. The van der Waals surface area contributed by atoms with Crippen LogP contribution in [0.3, 0.4) is 0 Å². The van der Waals surface area contributed by atoms with Crippen LogP contribution >= 0.6 is 11.8 Å². The normalized spacial score (nSPS) is 11.8. The molecule has 0 aliphatic heterocycles. The predicted octanol–water partition coefficient (Wildman–Crippen LogP) is 3.86. The fourth-order valence-electron chi connectivity index (χ4n) is 2.42. The average molecular weight is 365 g/mol. The third kappa shape index (κ3) is 4.40. The Morgan fingerprint density at radius 1 is 1.12 bits per heavy atom. The molecule has 1 aromatic heterocycles. The molecule has 2 aromatic carbocycles. The minimum absolute atomic E-state index is 0.142. The molecule has 0 fully saturated rings. The second kappa shape index (κ2) is 8.01. The van der Waals surface area contributed by atoms with Crippen molar-refractivity contribution in [2.45, 2.75) is 24.3 Å². The molecule has 1 heterocycles. The number of rotatable bonds is 5. The van der Waals surface area contributed by atoms with Gasteiger partial charge in [-0.05, 0) is 25.5 Å². The molecule has 26 heavy (non-hydrogen) atoms. The van der Waals surface area contributed by atoms with Gasteiger partial charge in [-0.3, -0.25) is 9.59 Å². The number of para-hydroxylation sites is 1. The maximum atomic E-state index is 12.5. The van der Waals surface area contributed by atoms with Crippen LogP contribution in [0.2, 0.25) is 0 Å². The monoisotopic (exact) mass is 365 g/mol. The van der Waals surface area contributed by atoms with Gasteiger partial charge in [0.2, 0.25) is 5.91 Å². The van der Waals surface area contributed by atoms with E-state index in [1.165, 1.54) is 17.8 Å². The second-order valence-corrected chi connectivity index (χ2v) is 7.20. The number of aryl methyl sites for hydroxylation is 1. The summed E-state index contributed by atoms with van der Waals surface area (Å²) < 4.78 is 0. The molecule has 0 saturated heterocycles. The standard InChI is InChI=1S/C20H19N3O2S/c1-13-8-6-7-11-16(13)21-19(25)14(2)26-20-22-17(12-18(24)23-20)15-9-4-3-5-10-15/h3-12,14H,1-2H3,(H,21,25)(H,22,23,24)/t14-/m0/s1. The largest absolute Gasteiger partial charge is 0.325 e. The molecule has 0 radical (unpaired) electrons. The molecule has 0 aliphatic carbocycles. The van der Waals surface area contributed by atoms with Crippen LogP contribution in [0.4, 0.5) is 5.69 Å². The Morgan fingerprint density at radius 2 is 1.81 bits per heavy atom. The highest BCUT2D eigenvalue weighted by molar-refractivity contribution is 8.00. The van der Waals surface area contributed by atoms with Crippen LogP contribution in [-0.2, 0) is 4.79 Å². The number of nitrogens with zero attached hydrogens (tertiary/aromatic N) is 1. The van der Waals surface area contributed by atoms with Crippen molar-refractivity contribution < 1.29 is 4.79 Å². The summed E-state index contributed by atoms with van der Waals surface area (Å²) in [6.07, 6.45) is 0. The van der Waals surface area contributed by atoms with Crippen molar-refractivity contribution in [3.63, 3.8) is 0 Å². The Bertz CT molecular complexity index is 970. The van der Waals surface area contributed by atoms with Crippen LogP contribution in [0.15, 0.2) is 70.6 Å². The van der Waals surface area contributed by atoms with Gasteiger partial charge in [0, 0.05) is 17.3 Å². The zero-order chi connectivity index (χ0) is 18.5. The maximum Gasteiger partial charge on any atom is 0.252 e. The van der Waals surface area contributed by atoms with Gasteiger partial charge >= 0.3 is 0 Å². The minimum atomic E-state index is -0.413. The smallest absolute Gasteiger partial charge is 0.252 e. The van der Waals surface area contributed by atoms with Crippen LogP contribution in [-0.4, -0.2) is 21.1 Å². The molecule has 0 aliphatic rings. The highest BCUT2D eigenvalue weighted by atomic mass is 32.2. The number of thioether (sulfide) groups is 1. The van der Waals surface area contributed by atoms with Gasteiger partial charge in [0.05, 0.1) is 10.9 Å². The molecular weight excluding hydrogens is 346 g/mol. The van der Waals surface area contributed by atoms with Gasteiger partial charge in [0.15, 0.2) is 5.16 Å². The van der Waals surface area contributed by atoms with Gasteiger partial charge < -0.3 is 10.3 Å². The van der Waals surface area contributed by atoms with Gasteiger partial charge in [-0.1, -0.05) is 60.3 Å². The molecule has 1 amide bonds. The van der Waals surface area contributed by atoms with E-state index in [1.54, 1.807) is 6.92 Å². The van der Waals surface area contributed by atoms with Crippen molar-refractivity contribution in [3.05, 3.63) is 76.6 Å². The lowest BCUT2D eigenvalue weighted by Gasteiger charge is -2.13. The molecule has 2 N–H and O–H groups in total. The van der Waals surface area contributed by atoms with Gasteiger partial charge in [-0.2, -0.15) is 0 Å². The van der Waals surface area contributed by atoms with Crippen LogP contribution in [0.25, 0.3) is 11.3 Å². The zero-order valence-corrected chi connectivity index (χ0v) is 15.3. The van der Waals surface area contributed by atoms with Crippen LogP contribution in [0, 0.1) is 6.92 Å². The van der Waals surface area contributed by atoms with E-state index in [4.69, 9.17) is 0 Å². The number of carbonyl (C=O) groups is 1. The molecule has 6 heteroatoms. The number of amides is 1. The quantitative estimate of drug-likeness (QED) is 0.532. The molecule has 0 saturated carbocycles. The SMILES string of the molecule is Cc1ccccc1NC(=O)[C@H](C)Sc1nc(-c2ccccc2)cc(=O)[nH]1. The third-order valence-electron chi connectivity index (χ3n) is 3.85. The molecule has 3 rings (SSSR count). The van der Waals surface area contributed by atoms with E-state index in [1.807, 2.05) is 61.5 Å². The van der Waals surface area contributed by atoms with Crippen molar-refractivity contribution in [2.75, 3.05) is 5.32 Å². The van der Waals surface area contributed by atoms with Gasteiger partial charge in [0.25, 0.3) is 5.56 Å². The molecule has 1 atom stereocenters. The van der Waals surface area contributed by atoms with Crippen molar-refractivity contribution in [3.8, 4) is 11.3 Å². The number of hydrogen-bond donors (Lipinski definition) is 2. The second-order valence-electron chi connectivity index (χ2n) is 5.87. The number of aromatic nitrogens is 2. The highest BCUT2D eigenvalue weighted by Crippen LogP contribution is 2.23. The van der Waals surface area contributed by atoms with Gasteiger partial charge in [-0.25, -0.2) is 4.98 Å². The van der Waals surface area contributed by atoms with Crippen molar-refractivity contribution >= 4 is 23.4 Å². The van der Waals surface area contributed by atoms with E-state index in [-0.39, 0.29) is 11.5 Å². The molecule has 132 valence electrons. The lowest BCUT2D eigenvalue weighted by molar-refractivity contribution is -0.115. The van der Waals surface area contributed by atoms with Crippen LogP contribution in [0.5, 0.6) is 0 Å². The average Bonchev–Trinajstić information content (AvgIpc) is 2.64. The summed E-state index contributed by atoms with van der Waals surface area (Å²) in [5.41, 5.74) is 2.98. The number of H-pyrrole nitrogens is 1. The van der Waals surface area contributed by atoms with E-state index >= 15 is 0 Å². The molecular formula is C20H19N3O2S. The number of anilines is 1. The van der Waals surface area contributed by atoms with Gasteiger partial charge in [0.1, 0.15) is 0 Å². The zero-order valence-electron chi connectivity index (χ0n) is 14.5. The summed E-state index contributed by atoms with van der Waals surface area (Å²) in [5.74, 6) is -0.142. The first kappa shape index (κ1) is 17.9. The lowest BCUT2D eigenvalue weighted by Crippen LogP contribution is -2.23. The Hall–Kier alpha value is -2.86. The molecule has 5 nitrogen and oxygen atoms in total. The Kier molecular flexibility index (Phi) is 5.53. The highest BCUT2D eigenvalue weighted by Gasteiger charge is 2.17. The topological polar surface area (TPSA) is 74.8 Å². The summed E-state index contributed by atoms with van der Waals surface area (Å²) in [6, 6.07) is 18.5. The summed E-state index contributed by atoms with van der Waals surface area (Å²) in [5, 5.41) is 2.92. The summed E-state index contributed by atoms with van der Waals surface area (Å²) >= 11 is 1.22. The van der Waals surface area contributed by atoms with Crippen molar-refractivity contribution in [1.82, 2.24) is 9.97 Å².